The van der Waals surface area contributed by atoms with Crippen LogP contribution in [-0.4, -0.2) is 30.4 Å². The van der Waals surface area contributed by atoms with Crippen LogP contribution < -0.4 is 0 Å². The van der Waals surface area contributed by atoms with Gasteiger partial charge in [0.2, 0.25) is 0 Å². The second kappa shape index (κ2) is 7.93. The molecule has 122 valence electrons. The highest BCUT2D eigenvalue weighted by Crippen LogP contribution is 2.07. The molecule has 0 aromatic heterocycles. The van der Waals surface area contributed by atoms with Gasteiger partial charge in [0, 0.05) is 13.6 Å². The number of aryl methyl sites for hydroxylation is 1. The molecule has 5 nitrogen and oxygen atoms in total. The van der Waals surface area contributed by atoms with Gasteiger partial charge in [0.15, 0.2) is 6.61 Å². The molecule has 0 aliphatic heterocycles. The summed E-state index contributed by atoms with van der Waals surface area (Å²) in [5.74, 6) is -0.867. The average molecular weight is 322 g/mol. The number of carbonyl (C=O) groups excluding carboxylic acids is 2. The number of carbonyl (C=O) groups is 2. The molecule has 0 radical (unpaired) electrons. The third-order valence-corrected chi connectivity index (χ3v) is 3.54. The van der Waals surface area contributed by atoms with Crippen molar-refractivity contribution in [3.8, 4) is 6.07 Å². The van der Waals surface area contributed by atoms with Crippen LogP contribution in [0.4, 0.5) is 0 Å². The number of esters is 1. The van der Waals surface area contributed by atoms with E-state index in [1.807, 2.05) is 37.3 Å². The molecule has 0 aliphatic carbocycles. The SMILES string of the molecule is Cc1ccc(CN(C)C(=O)COC(=O)c2ccc(C#N)cc2)cc1. The molecule has 2 rings (SSSR count). The Morgan fingerprint density at radius 2 is 1.71 bits per heavy atom. The Labute approximate surface area is 141 Å². The van der Waals surface area contributed by atoms with Crippen molar-refractivity contribution < 1.29 is 14.3 Å². The smallest absolute Gasteiger partial charge is 0.338 e. The van der Waals surface area contributed by atoms with Crippen LogP contribution in [-0.2, 0) is 16.1 Å². The number of benzene rings is 2. The second-order valence-corrected chi connectivity index (χ2v) is 5.50. The minimum absolute atomic E-state index is 0.280. The lowest BCUT2D eigenvalue weighted by molar-refractivity contribution is -0.133. The van der Waals surface area contributed by atoms with Gasteiger partial charge < -0.3 is 9.64 Å². The van der Waals surface area contributed by atoms with Gasteiger partial charge in [-0.05, 0) is 36.8 Å². The molecular weight excluding hydrogens is 304 g/mol. The molecule has 0 fully saturated rings. The zero-order valence-electron chi connectivity index (χ0n) is 13.7. The largest absolute Gasteiger partial charge is 0.452 e. The van der Waals surface area contributed by atoms with E-state index in [4.69, 9.17) is 10.00 Å². The maximum atomic E-state index is 12.1. The van der Waals surface area contributed by atoms with Crippen LogP contribution in [0.25, 0.3) is 0 Å². The minimum Gasteiger partial charge on any atom is -0.452 e. The van der Waals surface area contributed by atoms with E-state index in [0.29, 0.717) is 17.7 Å². The van der Waals surface area contributed by atoms with E-state index < -0.39 is 5.97 Å². The lowest BCUT2D eigenvalue weighted by Crippen LogP contribution is -2.30. The lowest BCUT2D eigenvalue weighted by atomic mass is 10.1. The molecule has 0 heterocycles. The molecule has 0 aliphatic rings. The van der Waals surface area contributed by atoms with Gasteiger partial charge in [0.05, 0.1) is 17.2 Å². The molecule has 0 N–H and O–H groups in total. The number of nitrogens with zero attached hydrogens (tertiary/aromatic N) is 2. The molecule has 0 saturated carbocycles. The molecule has 0 unspecified atom stereocenters. The summed E-state index contributed by atoms with van der Waals surface area (Å²) in [5.41, 5.74) is 2.93. The molecule has 0 atom stereocenters. The average Bonchev–Trinajstić information content (AvgIpc) is 2.61. The van der Waals surface area contributed by atoms with Crippen molar-refractivity contribution in [1.82, 2.24) is 4.90 Å². The summed E-state index contributed by atoms with van der Waals surface area (Å²) in [6, 6.07) is 15.9. The lowest BCUT2D eigenvalue weighted by Gasteiger charge is -2.17. The van der Waals surface area contributed by atoms with E-state index in [9.17, 15) is 9.59 Å². The Balaban J connectivity index is 1.86. The van der Waals surface area contributed by atoms with Crippen molar-refractivity contribution in [2.75, 3.05) is 13.7 Å². The summed E-state index contributed by atoms with van der Waals surface area (Å²) in [6.45, 7) is 2.13. The standard InChI is InChI=1S/C19H18N2O3/c1-14-3-5-16(6-4-14)12-21(2)18(22)13-24-19(23)17-9-7-15(11-20)8-10-17/h3-10H,12-13H2,1-2H3. The number of hydrogen-bond donors (Lipinski definition) is 0. The van der Waals surface area contributed by atoms with E-state index >= 15 is 0 Å². The minimum atomic E-state index is -0.587. The third-order valence-electron chi connectivity index (χ3n) is 3.54. The first kappa shape index (κ1) is 17.2. The van der Waals surface area contributed by atoms with E-state index in [-0.39, 0.29) is 12.5 Å². The van der Waals surface area contributed by atoms with Crippen LogP contribution in [0.15, 0.2) is 48.5 Å². The van der Waals surface area contributed by atoms with Crippen molar-refractivity contribution in [3.05, 3.63) is 70.8 Å². The Hall–Kier alpha value is -3.13. The number of rotatable bonds is 5. The predicted molar refractivity (Wildman–Crippen MR) is 89.1 cm³/mol. The Morgan fingerprint density at radius 1 is 1.08 bits per heavy atom. The maximum Gasteiger partial charge on any atom is 0.338 e. The van der Waals surface area contributed by atoms with Crippen LogP contribution in [0.5, 0.6) is 0 Å². The fraction of sp³-hybridized carbons (Fsp3) is 0.211. The highest BCUT2D eigenvalue weighted by molar-refractivity contribution is 5.91. The molecule has 0 spiro atoms. The normalized spacial score (nSPS) is 9.88. The summed E-state index contributed by atoms with van der Waals surface area (Å²) < 4.78 is 5.03. The van der Waals surface area contributed by atoms with E-state index in [1.54, 1.807) is 7.05 Å². The Kier molecular flexibility index (Phi) is 5.69. The third kappa shape index (κ3) is 4.68. The highest BCUT2D eigenvalue weighted by atomic mass is 16.5. The van der Waals surface area contributed by atoms with Gasteiger partial charge in [-0.15, -0.1) is 0 Å². The molecule has 24 heavy (non-hydrogen) atoms. The first-order valence-corrected chi connectivity index (χ1v) is 7.46. The zero-order chi connectivity index (χ0) is 17.5. The number of hydrogen-bond acceptors (Lipinski definition) is 4. The Bertz CT molecular complexity index is 759. The maximum absolute atomic E-state index is 12.1. The summed E-state index contributed by atoms with van der Waals surface area (Å²) in [4.78, 5) is 25.5. The fourth-order valence-electron chi connectivity index (χ4n) is 2.06. The monoisotopic (exact) mass is 322 g/mol. The molecular formula is C19H18N2O3. The van der Waals surface area contributed by atoms with Crippen molar-refractivity contribution in [2.24, 2.45) is 0 Å². The highest BCUT2D eigenvalue weighted by Gasteiger charge is 2.13. The topological polar surface area (TPSA) is 70.4 Å². The van der Waals surface area contributed by atoms with Crippen LogP contribution in [0.1, 0.15) is 27.0 Å². The van der Waals surface area contributed by atoms with E-state index in [1.165, 1.54) is 29.2 Å². The number of nitriles is 1. The van der Waals surface area contributed by atoms with E-state index in [2.05, 4.69) is 0 Å². The summed E-state index contributed by atoms with van der Waals surface area (Å²) >= 11 is 0. The molecule has 2 aromatic carbocycles. The van der Waals surface area contributed by atoms with Crippen LogP contribution in [0.2, 0.25) is 0 Å². The summed E-state index contributed by atoms with van der Waals surface area (Å²) in [5, 5.41) is 8.72. The van der Waals surface area contributed by atoms with E-state index in [0.717, 1.165) is 11.1 Å². The summed E-state index contributed by atoms with van der Waals surface area (Å²) in [6.07, 6.45) is 0. The molecule has 5 heteroatoms. The van der Waals surface area contributed by atoms with Crippen molar-refractivity contribution in [2.45, 2.75) is 13.5 Å². The van der Waals surface area contributed by atoms with Crippen molar-refractivity contribution in [1.29, 1.82) is 5.26 Å². The number of ether oxygens (including phenoxy) is 1. The Morgan fingerprint density at radius 3 is 2.29 bits per heavy atom. The van der Waals surface area contributed by atoms with Gasteiger partial charge in [0.1, 0.15) is 0 Å². The van der Waals surface area contributed by atoms with Gasteiger partial charge in [-0.2, -0.15) is 5.26 Å². The van der Waals surface area contributed by atoms with Gasteiger partial charge in [-0.25, -0.2) is 4.79 Å². The fourth-order valence-corrected chi connectivity index (χ4v) is 2.06. The first-order valence-electron chi connectivity index (χ1n) is 7.46. The summed E-state index contributed by atoms with van der Waals surface area (Å²) in [7, 11) is 1.66. The van der Waals surface area contributed by atoms with Crippen LogP contribution in [0, 0.1) is 18.3 Å². The van der Waals surface area contributed by atoms with Crippen molar-refractivity contribution in [3.63, 3.8) is 0 Å². The van der Waals surface area contributed by atoms with Gasteiger partial charge in [-0.3, -0.25) is 4.79 Å². The van der Waals surface area contributed by atoms with Gasteiger partial charge >= 0.3 is 5.97 Å². The molecule has 1 amide bonds. The van der Waals surface area contributed by atoms with Gasteiger partial charge in [0.25, 0.3) is 5.91 Å². The molecule has 0 saturated heterocycles. The van der Waals surface area contributed by atoms with Crippen molar-refractivity contribution >= 4 is 11.9 Å². The number of likely N-dealkylation sites (N-methyl/N-ethyl adjacent to an activating group) is 1. The molecule has 0 bridgehead atoms. The first-order chi connectivity index (χ1) is 11.5. The zero-order valence-corrected chi connectivity index (χ0v) is 13.7. The second-order valence-electron chi connectivity index (χ2n) is 5.50. The number of amides is 1. The van der Waals surface area contributed by atoms with Gasteiger partial charge in [-0.1, -0.05) is 29.8 Å². The predicted octanol–water partition coefficient (Wildman–Crippen LogP) is 2.68. The molecule has 2 aromatic rings. The van der Waals surface area contributed by atoms with Crippen LogP contribution >= 0.6 is 0 Å². The quantitative estimate of drug-likeness (QED) is 0.794. The van der Waals surface area contributed by atoms with Crippen LogP contribution in [0.3, 0.4) is 0 Å².